The highest BCUT2D eigenvalue weighted by Gasteiger charge is 2.15. The largest absolute Gasteiger partial charge is 0.493 e. The molecule has 0 fully saturated rings. The van der Waals surface area contributed by atoms with Gasteiger partial charge in [-0.15, -0.1) is 12.6 Å². The topological polar surface area (TPSA) is 55.1 Å². The molecule has 1 heterocycles. The van der Waals surface area contributed by atoms with Gasteiger partial charge in [-0.25, -0.2) is 0 Å². The minimum atomic E-state index is -0.448. The Morgan fingerprint density at radius 3 is 2.72 bits per heavy atom. The lowest BCUT2D eigenvalue weighted by molar-refractivity contribution is 0.435. The normalized spacial score (nSPS) is 10.7. The smallest absolute Gasteiger partial charge is 0.265 e. The lowest BCUT2D eigenvalue weighted by Crippen LogP contribution is -2.23. The first-order chi connectivity index (χ1) is 8.43. The lowest BCUT2D eigenvalue weighted by atomic mass is 10.3. The quantitative estimate of drug-likeness (QED) is 0.629. The van der Waals surface area contributed by atoms with Gasteiger partial charge in [-0.1, -0.05) is 29.3 Å². The number of halogens is 2. The maximum atomic E-state index is 12.1. The molecule has 0 aliphatic carbocycles. The molecule has 0 unspecified atom stereocenters. The van der Waals surface area contributed by atoms with Crippen LogP contribution in [0.2, 0.25) is 10.0 Å². The molecule has 7 heteroatoms. The lowest BCUT2D eigenvalue weighted by Gasteiger charge is -2.12. The van der Waals surface area contributed by atoms with Gasteiger partial charge in [0, 0.05) is 0 Å². The summed E-state index contributed by atoms with van der Waals surface area (Å²) in [6, 6.07) is 4.89. The Bertz CT molecular complexity index is 685. The maximum absolute atomic E-state index is 12.1. The highest BCUT2D eigenvalue weighted by atomic mass is 35.5. The molecular formula is C11H8Cl2N2O2S. The van der Waals surface area contributed by atoms with Gasteiger partial charge in [0.1, 0.15) is 0 Å². The van der Waals surface area contributed by atoms with Gasteiger partial charge in [0.15, 0.2) is 5.16 Å². The highest BCUT2D eigenvalue weighted by Crippen LogP contribution is 2.29. The van der Waals surface area contributed by atoms with Crippen LogP contribution in [0, 0.1) is 6.92 Å². The van der Waals surface area contributed by atoms with Crippen molar-refractivity contribution in [2.24, 2.45) is 0 Å². The predicted molar refractivity (Wildman–Crippen MR) is 73.5 cm³/mol. The number of rotatable bonds is 1. The summed E-state index contributed by atoms with van der Waals surface area (Å²) in [5.41, 5.74) is 0.0373. The molecule has 0 saturated carbocycles. The van der Waals surface area contributed by atoms with E-state index < -0.39 is 5.56 Å². The molecule has 94 valence electrons. The summed E-state index contributed by atoms with van der Waals surface area (Å²) >= 11 is 16.0. The number of hydrogen-bond donors (Lipinski definition) is 2. The van der Waals surface area contributed by atoms with Gasteiger partial charge in [-0.3, -0.25) is 9.36 Å². The van der Waals surface area contributed by atoms with E-state index in [-0.39, 0.29) is 21.6 Å². The number of hydrogen-bond acceptors (Lipinski definition) is 4. The monoisotopic (exact) mass is 302 g/mol. The number of aromatic hydroxyl groups is 1. The molecule has 0 amide bonds. The van der Waals surface area contributed by atoms with Crippen molar-refractivity contribution in [3.8, 4) is 11.6 Å². The summed E-state index contributed by atoms with van der Waals surface area (Å²) in [6.07, 6.45) is 0. The minimum absolute atomic E-state index is 0.0345. The van der Waals surface area contributed by atoms with Crippen LogP contribution in [0.25, 0.3) is 5.69 Å². The van der Waals surface area contributed by atoms with Crippen molar-refractivity contribution in [1.82, 2.24) is 9.55 Å². The Hall–Kier alpha value is -1.17. The van der Waals surface area contributed by atoms with E-state index >= 15 is 0 Å². The van der Waals surface area contributed by atoms with Crippen molar-refractivity contribution >= 4 is 35.8 Å². The molecule has 2 aromatic rings. The summed E-state index contributed by atoms with van der Waals surface area (Å²) in [5.74, 6) is -0.348. The molecule has 1 aromatic carbocycles. The van der Waals surface area contributed by atoms with E-state index in [4.69, 9.17) is 23.2 Å². The van der Waals surface area contributed by atoms with Gasteiger partial charge in [0.25, 0.3) is 5.56 Å². The number of aromatic nitrogens is 2. The first-order valence-corrected chi connectivity index (χ1v) is 6.09. The highest BCUT2D eigenvalue weighted by molar-refractivity contribution is 7.80. The van der Waals surface area contributed by atoms with Gasteiger partial charge in [0.2, 0.25) is 5.88 Å². The molecule has 0 bridgehead atoms. The average Bonchev–Trinajstić information content (AvgIpc) is 2.32. The summed E-state index contributed by atoms with van der Waals surface area (Å²) in [6.45, 7) is 1.47. The van der Waals surface area contributed by atoms with Crippen molar-refractivity contribution in [3.05, 3.63) is 44.2 Å². The SMILES string of the molecule is Cc1c(O)nc(S)n(-c2cccc(Cl)c2Cl)c1=O. The van der Waals surface area contributed by atoms with Crippen LogP contribution in [-0.2, 0) is 0 Å². The fourth-order valence-electron chi connectivity index (χ4n) is 1.46. The van der Waals surface area contributed by atoms with Crippen LogP contribution in [0.3, 0.4) is 0 Å². The Morgan fingerprint density at radius 2 is 2.06 bits per heavy atom. The van der Waals surface area contributed by atoms with Crippen molar-refractivity contribution in [2.45, 2.75) is 12.1 Å². The van der Waals surface area contributed by atoms with E-state index in [1.165, 1.54) is 11.5 Å². The van der Waals surface area contributed by atoms with Gasteiger partial charge < -0.3 is 5.11 Å². The molecular weight excluding hydrogens is 295 g/mol. The first-order valence-electron chi connectivity index (χ1n) is 4.89. The third-order valence-electron chi connectivity index (χ3n) is 2.44. The van der Waals surface area contributed by atoms with E-state index in [1.807, 2.05) is 0 Å². The number of thiol groups is 1. The summed E-state index contributed by atoms with van der Waals surface area (Å²) < 4.78 is 1.19. The van der Waals surface area contributed by atoms with E-state index in [0.29, 0.717) is 10.7 Å². The zero-order chi connectivity index (χ0) is 13.4. The molecule has 0 saturated heterocycles. The fourth-order valence-corrected chi connectivity index (χ4v) is 2.14. The van der Waals surface area contributed by atoms with Crippen LogP contribution < -0.4 is 5.56 Å². The van der Waals surface area contributed by atoms with Crippen molar-refractivity contribution in [3.63, 3.8) is 0 Å². The molecule has 0 atom stereocenters. The van der Waals surface area contributed by atoms with Crippen molar-refractivity contribution < 1.29 is 5.11 Å². The van der Waals surface area contributed by atoms with Crippen LogP contribution >= 0.6 is 35.8 Å². The third kappa shape index (κ3) is 2.09. The standard InChI is InChI=1S/C11H8Cl2N2O2S/c1-5-9(16)14-11(18)15(10(5)17)7-4-2-3-6(12)8(7)13/h2-4,16H,1H3,(H,14,18). The van der Waals surface area contributed by atoms with E-state index in [1.54, 1.807) is 18.2 Å². The Morgan fingerprint density at radius 1 is 1.39 bits per heavy atom. The van der Waals surface area contributed by atoms with Gasteiger partial charge >= 0.3 is 0 Å². The molecule has 0 aliphatic heterocycles. The maximum Gasteiger partial charge on any atom is 0.265 e. The molecule has 1 N–H and O–H groups in total. The second kappa shape index (κ2) is 4.84. The molecule has 0 aliphatic rings. The molecule has 1 aromatic heterocycles. The zero-order valence-corrected chi connectivity index (χ0v) is 11.6. The minimum Gasteiger partial charge on any atom is -0.493 e. The van der Waals surface area contributed by atoms with Gasteiger partial charge in [-0.05, 0) is 19.1 Å². The van der Waals surface area contributed by atoms with Gasteiger partial charge in [0.05, 0.1) is 21.3 Å². The second-order valence-electron chi connectivity index (χ2n) is 3.57. The van der Waals surface area contributed by atoms with Crippen molar-refractivity contribution in [1.29, 1.82) is 0 Å². The summed E-state index contributed by atoms with van der Waals surface area (Å²) in [4.78, 5) is 15.8. The fraction of sp³-hybridized carbons (Fsp3) is 0.0909. The zero-order valence-electron chi connectivity index (χ0n) is 9.19. The van der Waals surface area contributed by atoms with Crippen molar-refractivity contribution in [2.75, 3.05) is 0 Å². The Labute approximate surface area is 118 Å². The van der Waals surface area contributed by atoms with Crippen LogP contribution in [-0.4, -0.2) is 14.7 Å². The molecule has 2 rings (SSSR count). The molecule has 0 spiro atoms. The van der Waals surface area contributed by atoms with Crippen LogP contribution in [0.4, 0.5) is 0 Å². The van der Waals surface area contributed by atoms with Crippen LogP contribution in [0.5, 0.6) is 5.88 Å². The van der Waals surface area contributed by atoms with Gasteiger partial charge in [-0.2, -0.15) is 4.98 Å². The van der Waals surface area contributed by atoms with Crippen LogP contribution in [0.15, 0.2) is 28.2 Å². The first kappa shape index (κ1) is 13.3. The average molecular weight is 303 g/mol. The summed E-state index contributed by atoms with van der Waals surface area (Å²) in [7, 11) is 0. The third-order valence-corrected chi connectivity index (χ3v) is 3.55. The van der Waals surface area contributed by atoms with Crippen LogP contribution in [0.1, 0.15) is 5.56 Å². The summed E-state index contributed by atoms with van der Waals surface area (Å²) in [5, 5.41) is 10.0. The van der Waals surface area contributed by atoms with E-state index in [2.05, 4.69) is 17.6 Å². The molecule has 18 heavy (non-hydrogen) atoms. The number of nitrogens with zero attached hydrogens (tertiary/aromatic N) is 2. The van der Waals surface area contributed by atoms with E-state index in [0.717, 1.165) is 0 Å². The second-order valence-corrected chi connectivity index (χ2v) is 4.76. The molecule has 4 nitrogen and oxygen atoms in total. The number of benzene rings is 1. The molecule has 0 radical (unpaired) electrons. The Kier molecular flexibility index (Phi) is 3.56. The Balaban J connectivity index is 2.84. The van der Waals surface area contributed by atoms with E-state index in [9.17, 15) is 9.90 Å². The predicted octanol–water partition coefficient (Wildman–Crippen LogP) is 2.84.